The second kappa shape index (κ2) is 11.8. The monoisotopic (exact) mass is 598 g/mol. The standard InChI is InChI=1S/C30H32Cl2N4O3S/c1-33-30(37)35-16-14-34(15-17-35)27-5-3-4-23(18-27)29(40(2,38)39)24-19-36(20-24)28(21-6-10-25(31)11-7-21)22-8-12-26(32)13-9-22/h3-13,18,28H,14-17,19-20H2,1-2H3,(H,33,37). The molecule has 0 radical (unpaired) electrons. The number of carbonyl (C=O) groups is 1. The number of halogens is 2. The van der Waals surface area contributed by atoms with Crippen molar-refractivity contribution in [2.75, 3.05) is 57.5 Å². The van der Waals surface area contributed by atoms with Gasteiger partial charge in [0.25, 0.3) is 0 Å². The fraction of sp³-hybridized carbons (Fsp3) is 0.300. The highest BCUT2D eigenvalue weighted by Gasteiger charge is 2.35. The van der Waals surface area contributed by atoms with Crippen LogP contribution in [0.1, 0.15) is 22.7 Å². The molecule has 0 saturated carbocycles. The van der Waals surface area contributed by atoms with Crippen molar-refractivity contribution in [2.45, 2.75) is 6.04 Å². The van der Waals surface area contributed by atoms with Crippen molar-refractivity contribution in [3.8, 4) is 0 Å². The van der Waals surface area contributed by atoms with E-state index in [4.69, 9.17) is 23.2 Å². The van der Waals surface area contributed by atoms with E-state index in [9.17, 15) is 13.2 Å². The zero-order valence-electron chi connectivity index (χ0n) is 22.5. The van der Waals surface area contributed by atoms with Gasteiger partial charge in [0.05, 0.1) is 10.9 Å². The van der Waals surface area contributed by atoms with Gasteiger partial charge in [-0.05, 0) is 58.7 Å². The fourth-order valence-electron chi connectivity index (χ4n) is 5.52. The minimum Gasteiger partial charge on any atom is -0.368 e. The Labute approximate surface area is 245 Å². The number of urea groups is 1. The van der Waals surface area contributed by atoms with Gasteiger partial charge in [-0.2, -0.15) is 0 Å². The van der Waals surface area contributed by atoms with Crippen LogP contribution in [0.4, 0.5) is 10.5 Å². The highest BCUT2D eigenvalue weighted by molar-refractivity contribution is 8.00. The van der Waals surface area contributed by atoms with Crippen molar-refractivity contribution < 1.29 is 13.2 Å². The zero-order chi connectivity index (χ0) is 28.4. The molecule has 0 unspecified atom stereocenters. The summed E-state index contributed by atoms with van der Waals surface area (Å²) in [6.45, 7) is 3.62. The summed E-state index contributed by atoms with van der Waals surface area (Å²) in [5, 5.41) is 4.00. The summed E-state index contributed by atoms with van der Waals surface area (Å²) in [5.74, 6) is 0. The Balaban J connectivity index is 1.42. The Kier molecular flexibility index (Phi) is 8.42. The highest BCUT2D eigenvalue weighted by Crippen LogP contribution is 2.39. The number of nitrogens with zero attached hydrogens (tertiary/aromatic N) is 3. The van der Waals surface area contributed by atoms with Gasteiger partial charge in [0, 0.05) is 68.3 Å². The maximum atomic E-state index is 13.1. The van der Waals surface area contributed by atoms with Gasteiger partial charge in [-0.1, -0.05) is 59.6 Å². The van der Waals surface area contributed by atoms with Crippen LogP contribution in [0.25, 0.3) is 4.91 Å². The van der Waals surface area contributed by atoms with Crippen molar-refractivity contribution in [3.05, 3.63) is 105 Å². The largest absolute Gasteiger partial charge is 0.368 e. The molecule has 3 aromatic rings. The van der Waals surface area contributed by atoms with Gasteiger partial charge in [0.2, 0.25) is 0 Å². The Hall–Kier alpha value is -3.04. The quantitative estimate of drug-likeness (QED) is 0.416. The number of likely N-dealkylation sites (tertiary alicyclic amines) is 1. The molecule has 7 nitrogen and oxygen atoms in total. The first-order valence-electron chi connectivity index (χ1n) is 13.1. The van der Waals surface area contributed by atoms with Gasteiger partial charge < -0.3 is 15.1 Å². The lowest BCUT2D eigenvalue weighted by atomic mass is 9.92. The maximum absolute atomic E-state index is 13.1. The minimum absolute atomic E-state index is 0.0676. The Morgan fingerprint density at radius 2 is 1.40 bits per heavy atom. The Morgan fingerprint density at radius 1 is 0.850 bits per heavy atom. The molecule has 3 aromatic carbocycles. The van der Waals surface area contributed by atoms with E-state index in [1.807, 2.05) is 72.8 Å². The lowest BCUT2D eigenvalue weighted by Gasteiger charge is -2.42. The number of rotatable bonds is 6. The molecule has 2 aliphatic rings. The Morgan fingerprint density at radius 3 is 1.90 bits per heavy atom. The molecule has 10 heteroatoms. The molecule has 2 fully saturated rings. The van der Waals surface area contributed by atoms with E-state index >= 15 is 0 Å². The van der Waals surface area contributed by atoms with Gasteiger partial charge in [-0.15, -0.1) is 0 Å². The van der Waals surface area contributed by atoms with Gasteiger partial charge in [-0.25, -0.2) is 13.2 Å². The van der Waals surface area contributed by atoms with E-state index in [0.717, 1.165) is 22.4 Å². The van der Waals surface area contributed by atoms with Gasteiger partial charge in [0.1, 0.15) is 0 Å². The SMILES string of the molecule is CNC(=O)N1CCN(c2cccc(C(=C3CN(C(c4ccc(Cl)cc4)c4ccc(Cl)cc4)C3)S(C)(=O)=O)c2)CC1. The van der Waals surface area contributed by atoms with E-state index in [-0.39, 0.29) is 12.1 Å². The van der Waals surface area contributed by atoms with Gasteiger partial charge in [-0.3, -0.25) is 4.90 Å². The smallest absolute Gasteiger partial charge is 0.317 e. The van der Waals surface area contributed by atoms with E-state index in [2.05, 4.69) is 15.1 Å². The van der Waals surface area contributed by atoms with Crippen LogP contribution < -0.4 is 10.2 Å². The molecule has 0 bridgehead atoms. The molecular weight excluding hydrogens is 567 g/mol. The van der Waals surface area contributed by atoms with Crippen LogP contribution in [-0.2, 0) is 9.84 Å². The van der Waals surface area contributed by atoms with Crippen LogP contribution in [0, 0.1) is 0 Å². The molecule has 0 aromatic heterocycles. The molecule has 2 aliphatic heterocycles. The molecule has 210 valence electrons. The third-order valence-electron chi connectivity index (χ3n) is 7.47. The third-order valence-corrected chi connectivity index (χ3v) is 9.24. The lowest BCUT2D eigenvalue weighted by molar-refractivity contribution is 0.196. The average Bonchev–Trinajstić information content (AvgIpc) is 2.92. The van der Waals surface area contributed by atoms with Crippen LogP contribution in [0.3, 0.4) is 0 Å². The highest BCUT2D eigenvalue weighted by atomic mass is 35.5. The summed E-state index contributed by atoms with van der Waals surface area (Å²) >= 11 is 12.3. The number of carbonyl (C=O) groups excluding carboxylic acids is 1. The van der Waals surface area contributed by atoms with Crippen molar-refractivity contribution in [3.63, 3.8) is 0 Å². The Bertz CT molecular complexity index is 1460. The molecule has 2 heterocycles. The molecule has 0 atom stereocenters. The number of hydrogen-bond donors (Lipinski definition) is 1. The molecule has 1 N–H and O–H groups in total. The molecule has 40 heavy (non-hydrogen) atoms. The van der Waals surface area contributed by atoms with Crippen molar-refractivity contribution in [1.29, 1.82) is 0 Å². The predicted octanol–water partition coefficient (Wildman–Crippen LogP) is 5.32. The number of benzene rings is 3. The van der Waals surface area contributed by atoms with Crippen molar-refractivity contribution in [2.24, 2.45) is 0 Å². The number of hydrogen-bond acceptors (Lipinski definition) is 5. The van der Waals surface area contributed by atoms with E-state index < -0.39 is 9.84 Å². The second-order valence-corrected chi connectivity index (χ2v) is 13.0. The summed E-state index contributed by atoms with van der Waals surface area (Å²) in [7, 11) is -1.87. The summed E-state index contributed by atoms with van der Waals surface area (Å²) in [6, 6.07) is 23.1. The van der Waals surface area contributed by atoms with Crippen LogP contribution in [0.15, 0.2) is 78.4 Å². The first kappa shape index (κ1) is 28.5. The van der Waals surface area contributed by atoms with Gasteiger partial charge in [0.15, 0.2) is 9.84 Å². The third kappa shape index (κ3) is 6.15. The molecule has 2 saturated heterocycles. The number of anilines is 1. The summed E-state index contributed by atoms with van der Waals surface area (Å²) in [4.78, 5) is 18.6. The minimum atomic E-state index is -3.50. The maximum Gasteiger partial charge on any atom is 0.317 e. The van der Waals surface area contributed by atoms with Crippen molar-refractivity contribution >= 4 is 49.7 Å². The van der Waals surface area contributed by atoms with Crippen LogP contribution in [-0.4, -0.2) is 76.8 Å². The predicted molar refractivity (Wildman–Crippen MR) is 163 cm³/mol. The summed E-state index contributed by atoms with van der Waals surface area (Å²) < 4.78 is 26.3. The number of sulfone groups is 1. The molecule has 2 amide bonds. The average molecular weight is 600 g/mol. The van der Waals surface area contributed by atoms with E-state index in [0.29, 0.717) is 59.8 Å². The van der Waals surface area contributed by atoms with Crippen LogP contribution in [0.2, 0.25) is 10.0 Å². The number of amides is 2. The van der Waals surface area contributed by atoms with E-state index in [1.54, 1.807) is 11.9 Å². The number of piperazine rings is 1. The normalized spacial score (nSPS) is 16.2. The van der Waals surface area contributed by atoms with Crippen molar-refractivity contribution in [1.82, 2.24) is 15.1 Å². The molecular formula is C30H32Cl2N4O3S. The van der Waals surface area contributed by atoms with Gasteiger partial charge >= 0.3 is 6.03 Å². The summed E-state index contributed by atoms with van der Waals surface area (Å²) in [6.07, 6.45) is 1.28. The van der Waals surface area contributed by atoms with Crippen LogP contribution in [0.5, 0.6) is 0 Å². The second-order valence-electron chi connectivity index (χ2n) is 10.2. The molecule has 0 aliphatic carbocycles. The van der Waals surface area contributed by atoms with E-state index in [1.165, 1.54) is 6.26 Å². The molecule has 0 spiro atoms. The molecule has 5 rings (SSSR count). The first-order chi connectivity index (χ1) is 19.1. The topological polar surface area (TPSA) is 73.0 Å². The first-order valence-corrected chi connectivity index (χ1v) is 15.8. The summed E-state index contributed by atoms with van der Waals surface area (Å²) in [5.41, 5.74) is 4.68. The fourth-order valence-corrected chi connectivity index (χ4v) is 6.99. The lowest BCUT2D eigenvalue weighted by Crippen LogP contribution is -2.51. The number of nitrogens with one attached hydrogen (secondary N) is 1. The van der Waals surface area contributed by atoms with Crippen LogP contribution >= 0.6 is 23.2 Å². The zero-order valence-corrected chi connectivity index (χ0v) is 24.8.